The summed E-state index contributed by atoms with van der Waals surface area (Å²) in [6.07, 6.45) is 2.46. The summed E-state index contributed by atoms with van der Waals surface area (Å²) in [6.45, 7) is 4.78. The third-order valence-electron chi connectivity index (χ3n) is 6.62. The number of rotatable bonds is 5. The molecule has 4 aromatic carbocycles. The molecule has 0 aliphatic carbocycles. The lowest BCUT2D eigenvalue weighted by molar-refractivity contribution is 0.0998. The zero-order valence-electron chi connectivity index (χ0n) is 19.9. The quantitative estimate of drug-likeness (QED) is 0.283. The second-order valence-electron chi connectivity index (χ2n) is 8.82. The second kappa shape index (κ2) is 9.14. The van der Waals surface area contributed by atoms with Crippen molar-refractivity contribution < 1.29 is 13.2 Å². The number of carbonyl (C=O) groups is 1. The zero-order valence-corrected chi connectivity index (χ0v) is 21.5. The Balaban J connectivity index is 1.36. The molecule has 2 heterocycles. The molecule has 6 rings (SSSR count). The molecule has 0 bridgehead atoms. The van der Waals surface area contributed by atoms with E-state index in [2.05, 4.69) is 29.8 Å². The van der Waals surface area contributed by atoms with Crippen molar-refractivity contribution in [2.75, 3.05) is 10.8 Å². The number of sulfonamides is 1. The van der Waals surface area contributed by atoms with Gasteiger partial charge in [0.2, 0.25) is 0 Å². The van der Waals surface area contributed by atoms with Crippen LogP contribution in [0.25, 0.3) is 21.0 Å². The average molecular weight is 526 g/mol. The van der Waals surface area contributed by atoms with E-state index in [-0.39, 0.29) is 4.90 Å². The molecule has 1 aliphatic heterocycles. The van der Waals surface area contributed by atoms with Crippen molar-refractivity contribution >= 4 is 53.9 Å². The van der Waals surface area contributed by atoms with Gasteiger partial charge in [-0.15, -0.1) is 6.58 Å². The van der Waals surface area contributed by atoms with Crippen molar-refractivity contribution in [1.82, 2.24) is 4.57 Å². The first kappa shape index (κ1) is 23.4. The van der Waals surface area contributed by atoms with Gasteiger partial charge in [0.1, 0.15) is 0 Å². The zero-order chi connectivity index (χ0) is 25.6. The summed E-state index contributed by atoms with van der Waals surface area (Å²) in [5, 5.41) is 2.23. The number of amides is 1. The number of benzene rings is 4. The summed E-state index contributed by atoms with van der Waals surface area (Å²) in [6, 6.07) is 25.8. The molecule has 1 aromatic heterocycles. The van der Waals surface area contributed by atoms with Crippen molar-refractivity contribution in [3.05, 3.63) is 114 Å². The van der Waals surface area contributed by atoms with Gasteiger partial charge in [-0.05, 0) is 53.8 Å². The average Bonchev–Trinajstić information content (AvgIpc) is 3.51. The predicted molar refractivity (Wildman–Crippen MR) is 149 cm³/mol. The Hall–Kier alpha value is -4.01. The summed E-state index contributed by atoms with van der Waals surface area (Å²) in [5.41, 5.74) is 3.04. The topological polar surface area (TPSA) is 71.7 Å². The minimum atomic E-state index is -3.73. The van der Waals surface area contributed by atoms with Gasteiger partial charge in [0.25, 0.3) is 15.9 Å². The molecule has 0 atom stereocenters. The first-order valence-electron chi connectivity index (χ1n) is 11.9. The molecule has 0 saturated heterocycles. The lowest BCUT2D eigenvalue weighted by atomic mass is 10.1. The molecule has 37 heavy (non-hydrogen) atoms. The van der Waals surface area contributed by atoms with Crippen LogP contribution in [0.3, 0.4) is 0 Å². The molecule has 6 nitrogen and oxygen atoms in total. The molecule has 0 saturated carbocycles. The van der Waals surface area contributed by atoms with Gasteiger partial charge in [0.05, 0.1) is 20.8 Å². The van der Waals surface area contributed by atoms with E-state index in [9.17, 15) is 13.2 Å². The highest BCUT2D eigenvalue weighted by molar-refractivity contribution is 7.92. The van der Waals surface area contributed by atoms with Crippen LogP contribution in [0.2, 0.25) is 0 Å². The Morgan fingerprint density at radius 2 is 1.73 bits per heavy atom. The van der Waals surface area contributed by atoms with Gasteiger partial charge >= 0.3 is 0 Å². The highest BCUT2D eigenvalue weighted by atomic mass is 32.2. The SMILES string of the molecule is C=CCn1c(=NC(=O)c2ccc(S(=O)(=O)N3CCc4ccccc43)cc2)sc2c3ccccc3ccc21. The summed E-state index contributed by atoms with van der Waals surface area (Å²) in [4.78, 5) is 18.3. The number of allylic oxidation sites excluding steroid dienone is 1. The maximum Gasteiger partial charge on any atom is 0.279 e. The summed E-state index contributed by atoms with van der Waals surface area (Å²) in [7, 11) is -3.73. The molecule has 8 heteroatoms. The third kappa shape index (κ3) is 3.98. The maximum atomic E-state index is 13.3. The number of fused-ring (bicyclic) bond motifs is 4. The molecule has 0 N–H and O–H groups in total. The van der Waals surface area contributed by atoms with E-state index in [0.29, 0.717) is 35.6 Å². The first-order chi connectivity index (χ1) is 18.0. The van der Waals surface area contributed by atoms with E-state index in [1.54, 1.807) is 6.08 Å². The van der Waals surface area contributed by atoms with Gasteiger partial charge in [-0.3, -0.25) is 9.10 Å². The van der Waals surface area contributed by atoms with Crippen LogP contribution < -0.4 is 9.11 Å². The standard InChI is InChI=1S/C29H23N3O3S2/c1-2-18-31-26-16-13-20-7-3-5-9-24(20)27(26)36-29(31)30-28(33)22-11-14-23(15-12-22)37(34,35)32-19-17-21-8-4-6-10-25(21)32/h2-16H,1,17-19H2. The Kier molecular flexibility index (Phi) is 5.78. The molecule has 5 aromatic rings. The van der Waals surface area contributed by atoms with E-state index in [0.717, 1.165) is 26.6 Å². The monoisotopic (exact) mass is 525 g/mol. The molecule has 0 fully saturated rings. The largest absolute Gasteiger partial charge is 0.312 e. The third-order valence-corrected chi connectivity index (χ3v) is 9.57. The van der Waals surface area contributed by atoms with E-state index in [4.69, 9.17) is 0 Å². The van der Waals surface area contributed by atoms with Crippen LogP contribution >= 0.6 is 11.3 Å². The number of hydrogen-bond acceptors (Lipinski definition) is 4. The maximum absolute atomic E-state index is 13.3. The summed E-state index contributed by atoms with van der Waals surface area (Å²) in [5.74, 6) is -0.427. The minimum absolute atomic E-state index is 0.149. The number of carbonyl (C=O) groups excluding carboxylic acids is 1. The molecular weight excluding hydrogens is 502 g/mol. The fourth-order valence-corrected chi connectivity index (χ4v) is 7.47. The van der Waals surface area contributed by atoms with E-state index < -0.39 is 15.9 Å². The Bertz CT molecular complexity index is 1870. The molecule has 0 radical (unpaired) electrons. The van der Waals surface area contributed by atoms with Gasteiger partial charge in [-0.2, -0.15) is 4.99 Å². The van der Waals surface area contributed by atoms with E-state index >= 15 is 0 Å². The fourth-order valence-electron chi connectivity index (χ4n) is 4.80. The lowest BCUT2D eigenvalue weighted by Crippen LogP contribution is -2.29. The van der Waals surface area contributed by atoms with Crippen molar-refractivity contribution in [2.24, 2.45) is 4.99 Å². The fraction of sp³-hybridized carbons (Fsp3) is 0.103. The number of para-hydroxylation sites is 1. The van der Waals surface area contributed by atoms with Crippen molar-refractivity contribution in [3.8, 4) is 0 Å². The number of hydrogen-bond donors (Lipinski definition) is 0. The smallest absolute Gasteiger partial charge is 0.279 e. The predicted octanol–water partition coefficient (Wildman–Crippen LogP) is 5.53. The number of anilines is 1. The van der Waals surface area contributed by atoms with E-state index in [1.165, 1.54) is 39.9 Å². The van der Waals surface area contributed by atoms with Gasteiger partial charge in [-0.25, -0.2) is 8.42 Å². The first-order valence-corrected chi connectivity index (χ1v) is 14.1. The summed E-state index contributed by atoms with van der Waals surface area (Å²) >= 11 is 1.46. The van der Waals surface area contributed by atoms with Crippen molar-refractivity contribution in [2.45, 2.75) is 17.9 Å². The molecule has 0 spiro atoms. The molecule has 184 valence electrons. The molecule has 1 aliphatic rings. The minimum Gasteiger partial charge on any atom is -0.312 e. The lowest BCUT2D eigenvalue weighted by Gasteiger charge is -2.19. The number of thiazole rings is 1. The Morgan fingerprint density at radius 1 is 0.973 bits per heavy atom. The Labute approximate surface area is 218 Å². The van der Waals surface area contributed by atoms with Crippen LogP contribution in [0, 0.1) is 0 Å². The summed E-state index contributed by atoms with van der Waals surface area (Å²) < 4.78 is 31.1. The number of aromatic nitrogens is 1. The molecule has 1 amide bonds. The van der Waals surface area contributed by atoms with Crippen LogP contribution in [0.4, 0.5) is 5.69 Å². The van der Waals surface area contributed by atoms with Gasteiger partial charge in [0.15, 0.2) is 4.80 Å². The van der Waals surface area contributed by atoms with Gasteiger partial charge < -0.3 is 4.57 Å². The van der Waals surface area contributed by atoms with Crippen LogP contribution in [-0.2, 0) is 23.0 Å². The van der Waals surface area contributed by atoms with Crippen LogP contribution in [0.15, 0.2) is 107 Å². The Morgan fingerprint density at radius 3 is 2.54 bits per heavy atom. The normalized spacial score (nSPS) is 13.8. The highest BCUT2D eigenvalue weighted by Crippen LogP contribution is 2.33. The highest BCUT2D eigenvalue weighted by Gasteiger charge is 2.30. The second-order valence-corrected chi connectivity index (χ2v) is 11.7. The number of nitrogens with zero attached hydrogens (tertiary/aromatic N) is 3. The van der Waals surface area contributed by atoms with Crippen LogP contribution in [0.1, 0.15) is 15.9 Å². The van der Waals surface area contributed by atoms with Crippen LogP contribution in [-0.4, -0.2) is 25.4 Å². The van der Waals surface area contributed by atoms with Gasteiger partial charge in [-0.1, -0.05) is 65.9 Å². The molecular formula is C29H23N3O3S2. The van der Waals surface area contributed by atoms with Crippen LogP contribution in [0.5, 0.6) is 0 Å². The van der Waals surface area contributed by atoms with Gasteiger partial charge in [0, 0.05) is 24.0 Å². The van der Waals surface area contributed by atoms with E-state index in [1.807, 2.05) is 47.0 Å². The van der Waals surface area contributed by atoms with Crippen molar-refractivity contribution in [1.29, 1.82) is 0 Å². The van der Waals surface area contributed by atoms with Crippen molar-refractivity contribution in [3.63, 3.8) is 0 Å². The molecule has 0 unspecified atom stereocenters.